The van der Waals surface area contributed by atoms with Gasteiger partial charge in [0, 0.05) is 32.6 Å². The van der Waals surface area contributed by atoms with Gasteiger partial charge < -0.3 is 9.45 Å². The normalized spacial score (nSPS) is 20.9. The van der Waals surface area contributed by atoms with Crippen LogP contribution in [0.25, 0.3) is 0 Å². The third-order valence-electron chi connectivity index (χ3n) is 4.15. The molecule has 28 heavy (non-hydrogen) atoms. The molecule has 1 aromatic heterocycles. The van der Waals surface area contributed by atoms with Crippen LogP contribution in [-0.2, 0) is 24.3 Å². The van der Waals surface area contributed by atoms with Crippen LogP contribution in [0.1, 0.15) is 19.8 Å². The van der Waals surface area contributed by atoms with E-state index in [0.717, 1.165) is 9.91 Å². The number of urea groups is 1. The average molecular weight is 415 g/mol. The summed E-state index contributed by atoms with van der Waals surface area (Å²) in [6.45, 7) is 1.32. The first-order valence-electron chi connectivity index (χ1n) is 8.31. The zero-order chi connectivity index (χ0) is 20.9. The third kappa shape index (κ3) is 5.61. The molecule has 3 rings (SSSR count). The van der Waals surface area contributed by atoms with Crippen molar-refractivity contribution in [2.24, 2.45) is 0 Å². The SMILES string of the molecule is CC(=O)N(C)NC(=O)C1CCC2CN1C(=O)N2OS(=O)(=O)[O-].c1cc[nH+]cc1. The number of nitrogens with one attached hydrogen (secondary N) is 2. The van der Waals surface area contributed by atoms with Crippen LogP contribution >= 0.6 is 0 Å². The lowest BCUT2D eigenvalue weighted by Gasteiger charge is -2.30. The Bertz CT molecular complexity index is 793. The standard InChI is InChI=1S/C10H16N4O7S.C5H5N/c1-6(15)12(2)11-9(16)8-4-3-7-5-13(8)10(17)14(7)21-22(18,19)20;1-2-4-6-5-3-1/h7-8H,3-5H2,1-2H3,(H,11,16)(H,18,19,20);1-5H. The maximum Gasteiger partial charge on any atom is 0.346 e. The highest BCUT2D eigenvalue weighted by Gasteiger charge is 2.48. The van der Waals surface area contributed by atoms with Gasteiger partial charge in [-0.1, -0.05) is 6.07 Å². The van der Waals surface area contributed by atoms with Crippen molar-refractivity contribution in [1.29, 1.82) is 0 Å². The molecular weight excluding hydrogens is 394 g/mol. The van der Waals surface area contributed by atoms with Crippen molar-refractivity contribution < 1.29 is 36.6 Å². The van der Waals surface area contributed by atoms with Gasteiger partial charge >= 0.3 is 6.03 Å². The first kappa shape index (κ1) is 21.5. The molecule has 2 saturated heterocycles. The van der Waals surface area contributed by atoms with Crippen LogP contribution in [0.5, 0.6) is 0 Å². The summed E-state index contributed by atoms with van der Waals surface area (Å²) in [7, 11) is -3.71. The maximum atomic E-state index is 12.1. The summed E-state index contributed by atoms with van der Waals surface area (Å²) < 4.78 is 36.1. The van der Waals surface area contributed by atoms with Crippen LogP contribution in [0.2, 0.25) is 0 Å². The summed E-state index contributed by atoms with van der Waals surface area (Å²) in [5.41, 5.74) is 2.33. The lowest BCUT2D eigenvalue weighted by Crippen LogP contribution is -2.54. The number of aromatic nitrogens is 1. The van der Waals surface area contributed by atoms with E-state index < -0.39 is 40.3 Å². The second-order valence-corrected chi connectivity index (χ2v) is 7.09. The Balaban J connectivity index is 0.000000397. The fourth-order valence-corrected chi connectivity index (χ4v) is 3.14. The van der Waals surface area contributed by atoms with E-state index in [1.807, 2.05) is 30.6 Å². The fraction of sp³-hybridized carbons (Fsp3) is 0.467. The molecule has 3 heterocycles. The topological polar surface area (TPSA) is 154 Å². The van der Waals surface area contributed by atoms with E-state index in [0.29, 0.717) is 11.5 Å². The number of hydrogen-bond donors (Lipinski definition) is 1. The van der Waals surface area contributed by atoms with Crippen LogP contribution in [0, 0.1) is 0 Å². The van der Waals surface area contributed by atoms with Crippen molar-refractivity contribution in [3.05, 3.63) is 30.6 Å². The second-order valence-electron chi connectivity index (χ2n) is 6.12. The van der Waals surface area contributed by atoms with Gasteiger partial charge in [-0.3, -0.25) is 20.0 Å². The van der Waals surface area contributed by atoms with Gasteiger partial charge in [-0.05, 0) is 12.8 Å². The zero-order valence-corrected chi connectivity index (χ0v) is 16.1. The Morgan fingerprint density at radius 1 is 1.29 bits per heavy atom. The number of hydrogen-bond acceptors (Lipinski definition) is 7. The lowest BCUT2D eigenvalue weighted by atomic mass is 10.0. The Labute approximate surface area is 161 Å². The number of amides is 4. The van der Waals surface area contributed by atoms with Crippen molar-refractivity contribution in [3.8, 4) is 0 Å². The highest BCUT2D eigenvalue weighted by molar-refractivity contribution is 7.80. The van der Waals surface area contributed by atoms with Crippen LogP contribution in [0.15, 0.2) is 30.6 Å². The zero-order valence-electron chi connectivity index (χ0n) is 15.3. The van der Waals surface area contributed by atoms with Gasteiger partial charge in [-0.15, -0.1) is 0 Å². The van der Waals surface area contributed by atoms with Crippen LogP contribution in [0.3, 0.4) is 0 Å². The minimum atomic E-state index is -5.07. The van der Waals surface area contributed by atoms with E-state index in [1.54, 1.807) is 0 Å². The number of carbonyl (C=O) groups excluding carboxylic acids is 3. The molecule has 2 bridgehead atoms. The molecule has 2 aliphatic heterocycles. The molecule has 154 valence electrons. The number of pyridine rings is 1. The van der Waals surface area contributed by atoms with E-state index in [-0.39, 0.29) is 13.0 Å². The Kier molecular flexibility index (Phi) is 6.88. The van der Waals surface area contributed by atoms with E-state index in [1.165, 1.54) is 14.0 Å². The number of fused-ring (bicyclic) bond motifs is 2. The molecule has 2 atom stereocenters. The summed E-state index contributed by atoms with van der Waals surface area (Å²) in [6.07, 6.45) is 4.30. The predicted octanol–water partition coefficient (Wildman–Crippen LogP) is -1.34. The highest BCUT2D eigenvalue weighted by atomic mass is 32.3. The first-order valence-corrected chi connectivity index (χ1v) is 9.64. The van der Waals surface area contributed by atoms with Gasteiger partial charge in [-0.25, -0.2) is 18.2 Å². The van der Waals surface area contributed by atoms with Crippen molar-refractivity contribution in [2.75, 3.05) is 13.6 Å². The minimum absolute atomic E-state index is 0.0657. The third-order valence-corrected chi connectivity index (χ3v) is 4.50. The maximum absolute atomic E-state index is 12.1. The molecule has 0 aliphatic carbocycles. The number of rotatable bonds is 3. The lowest BCUT2D eigenvalue weighted by molar-refractivity contribution is -0.377. The number of hydroxylamine groups is 2. The number of nitrogens with zero attached hydrogens (tertiary/aromatic N) is 3. The first-order chi connectivity index (χ1) is 13.1. The molecule has 2 aliphatic rings. The van der Waals surface area contributed by atoms with Crippen molar-refractivity contribution >= 4 is 28.2 Å². The molecule has 0 aromatic carbocycles. The van der Waals surface area contributed by atoms with Gasteiger partial charge in [0.2, 0.25) is 16.3 Å². The van der Waals surface area contributed by atoms with E-state index in [4.69, 9.17) is 0 Å². The van der Waals surface area contributed by atoms with E-state index in [9.17, 15) is 27.4 Å². The molecule has 0 spiro atoms. The van der Waals surface area contributed by atoms with Gasteiger partial charge in [-0.2, -0.15) is 9.35 Å². The number of aromatic amines is 1. The quantitative estimate of drug-likeness (QED) is 0.364. The predicted molar refractivity (Wildman–Crippen MR) is 91.1 cm³/mol. The van der Waals surface area contributed by atoms with Gasteiger partial charge in [0.25, 0.3) is 5.91 Å². The van der Waals surface area contributed by atoms with Crippen LogP contribution in [-0.4, -0.2) is 71.5 Å². The number of carbonyl (C=O) groups is 3. The van der Waals surface area contributed by atoms with E-state index >= 15 is 0 Å². The largest absolute Gasteiger partial charge is 0.724 e. The summed E-state index contributed by atoms with van der Waals surface area (Å²) >= 11 is 0. The summed E-state index contributed by atoms with van der Waals surface area (Å²) in [6, 6.07) is 3.52. The van der Waals surface area contributed by atoms with E-state index in [2.05, 4.69) is 14.7 Å². The molecular formula is C15H21N5O7S. The highest BCUT2D eigenvalue weighted by Crippen LogP contribution is 2.30. The smallest absolute Gasteiger partial charge is 0.346 e. The monoisotopic (exact) mass is 415 g/mol. The molecule has 4 amide bonds. The number of piperidine rings is 1. The fourth-order valence-electron chi connectivity index (χ4n) is 2.76. The molecule has 1 aromatic rings. The van der Waals surface area contributed by atoms with Crippen LogP contribution in [0.4, 0.5) is 4.79 Å². The van der Waals surface area contributed by atoms with Gasteiger partial charge in [0.05, 0.1) is 6.04 Å². The summed E-state index contributed by atoms with van der Waals surface area (Å²) in [5, 5.41) is 1.47. The average Bonchev–Trinajstić information content (AvgIpc) is 2.87. The Hall–Kier alpha value is -2.77. The Morgan fingerprint density at radius 3 is 2.39 bits per heavy atom. The molecule has 0 radical (unpaired) electrons. The molecule has 2 fully saturated rings. The summed E-state index contributed by atoms with van der Waals surface area (Å²) in [5.74, 6) is -0.964. The minimum Gasteiger partial charge on any atom is -0.724 e. The van der Waals surface area contributed by atoms with Gasteiger partial charge in [0.1, 0.15) is 6.04 Å². The molecule has 2 N–H and O–H groups in total. The number of H-pyrrole nitrogens is 1. The Morgan fingerprint density at radius 2 is 1.93 bits per heavy atom. The van der Waals surface area contributed by atoms with Crippen molar-refractivity contribution in [1.82, 2.24) is 20.4 Å². The van der Waals surface area contributed by atoms with Crippen molar-refractivity contribution in [3.63, 3.8) is 0 Å². The second kappa shape index (κ2) is 8.95. The molecule has 2 unspecified atom stereocenters. The van der Waals surface area contributed by atoms with Crippen LogP contribution < -0.4 is 10.4 Å². The molecule has 0 saturated carbocycles. The summed E-state index contributed by atoms with van der Waals surface area (Å²) in [4.78, 5) is 39.3. The molecule has 13 heteroatoms. The van der Waals surface area contributed by atoms with Gasteiger partial charge in [0.15, 0.2) is 12.4 Å². The van der Waals surface area contributed by atoms with Crippen molar-refractivity contribution in [2.45, 2.75) is 31.8 Å². The molecule has 12 nitrogen and oxygen atoms in total. The number of hydrazine groups is 1.